The fraction of sp³-hybridized carbons (Fsp3) is 0.286. The number of anilines is 1. The summed E-state index contributed by atoms with van der Waals surface area (Å²) in [6.45, 7) is 5.21. The number of carbonyl (C=O) groups excluding carboxylic acids is 3. The molecular weight excluding hydrogens is 438 g/mol. The van der Waals surface area contributed by atoms with Crippen LogP contribution in [0.3, 0.4) is 0 Å². The summed E-state index contributed by atoms with van der Waals surface area (Å²) in [6, 6.07) is 14.3. The molecule has 0 aliphatic carbocycles. The Hall–Kier alpha value is -2.87. The van der Waals surface area contributed by atoms with Gasteiger partial charge in [0.15, 0.2) is 0 Å². The van der Waals surface area contributed by atoms with E-state index in [2.05, 4.69) is 31.9 Å². The number of carbonyl (C=O) groups is 3. The molecule has 8 heteroatoms. The second-order valence-corrected chi connectivity index (χ2v) is 8.08. The number of hydrogen-bond donors (Lipinski definition) is 3. The summed E-state index contributed by atoms with van der Waals surface area (Å²) in [6.07, 6.45) is -0.659. The van der Waals surface area contributed by atoms with E-state index in [1.165, 1.54) is 0 Å². The molecule has 0 unspecified atom stereocenters. The highest BCUT2D eigenvalue weighted by Crippen LogP contribution is 2.20. The van der Waals surface area contributed by atoms with Crippen LogP contribution in [0, 0.1) is 0 Å². The van der Waals surface area contributed by atoms with E-state index in [4.69, 9.17) is 4.74 Å². The second-order valence-electron chi connectivity index (χ2n) is 7.22. The lowest BCUT2D eigenvalue weighted by atomic mass is 10.1. The predicted octanol–water partition coefficient (Wildman–Crippen LogP) is 3.84. The molecule has 0 saturated heterocycles. The first-order chi connectivity index (χ1) is 13.7. The third-order valence-corrected chi connectivity index (χ3v) is 4.34. The van der Waals surface area contributed by atoms with Crippen LogP contribution in [-0.4, -0.2) is 30.1 Å². The molecule has 0 fully saturated rings. The summed E-state index contributed by atoms with van der Waals surface area (Å²) in [7, 11) is 0. The molecule has 0 bridgehead atoms. The molecule has 0 saturated carbocycles. The lowest BCUT2D eigenvalue weighted by Gasteiger charge is -2.19. The van der Waals surface area contributed by atoms with Crippen LogP contribution in [0.25, 0.3) is 0 Å². The smallest absolute Gasteiger partial charge is 0.408 e. The Morgan fingerprint density at radius 2 is 1.62 bits per heavy atom. The predicted molar refractivity (Wildman–Crippen MR) is 115 cm³/mol. The first-order valence-corrected chi connectivity index (χ1v) is 9.82. The maximum absolute atomic E-state index is 12.5. The molecule has 0 aromatic heterocycles. The summed E-state index contributed by atoms with van der Waals surface area (Å²) < 4.78 is 5.78. The molecule has 3 amide bonds. The zero-order chi connectivity index (χ0) is 21.4. The average Bonchev–Trinajstić information content (AvgIpc) is 2.64. The second kappa shape index (κ2) is 10.1. The van der Waals surface area contributed by atoms with Crippen LogP contribution in [0.2, 0.25) is 0 Å². The van der Waals surface area contributed by atoms with Crippen LogP contribution in [-0.2, 0) is 16.1 Å². The minimum Gasteiger partial charge on any atom is -0.444 e. The lowest BCUT2D eigenvalue weighted by Crippen LogP contribution is -2.39. The Morgan fingerprint density at radius 1 is 0.966 bits per heavy atom. The molecule has 2 aromatic carbocycles. The Bertz CT molecular complexity index is 893. The molecule has 0 radical (unpaired) electrons. The minimum atomic E-state index is -0.659. The van der Waals surface area contributed by atoms with E-state index in [1.807, 2.05) is 12.1 Å². The molecule has 2 aromatic rings. The van der Waals surface area contributed by atoms with E-state index >= 15 is 0 Å². The maximum Gasteiger partial charge on any atom is 0.408 e. The highest BCUT2D eigenvalue weighted by Gasteiger charge is 2.17. The first kappa shape index (κ1) is 22.4. The Balaban J connectivity index is 1.92. The maximum atomic E-state index is 12.5. The summed E-state index contributed by atoms with van der Waals surface area (Å²) in [5, 5.41) is 7.97. The summed E-state index contributed by atoms with van der Waals surface area (Å²) in [4.78, 5) is 36.1. The highest BCUT2D eigenvalue weighted by atomic mass is 79.9. The Kier molecular flexibility index (Phi) is 7.78. The van der Waals surface area contributed by atoms with Gasteiger partial charge in [-0.3, -0.25) is 9.59 Å². The van der Waals surface area contributed by atoms with Gasteiger partial charge in [0.2, 0.25) is 5.91 Å². The van der Waals surface area contributed by atoms with Crippen LogP contribution in [0.15, 0.2) is 53.0 Å². The van der Waals surface area contributed by atoms with Crippen LogP contribution >= 0.6 is 15.9 Å². The zero-order valence-corrected chi connectivity index (χ0v) is 18.1. The third kappa shape index (κ3) is 7.57. The first-order valence-electron chi connectivity index (χ1n) is 9.03. The average molecular weight is 462 g/mol. The zero-order valence-electron chi connectivity index (χ0n) is 16.5. The van der Waals surface area contributed by atoms with Crippen LogP contribution in [0.5, 0.6) is 0 Å². The topological polar surface area (TPSA) is 96.5 Å². The van der Waals surface area contributed by atoms with Gasteiger partial charge in [-0.1, -0.05) is 30.3 Å². The summed E-state index contributed by atoms with van der Waals surface area (Å²) >= 11 is 3.36. The van der Waals surface area contributed by atoms with Gasteiger partial charge in [-0.25, -0.2) is 4.79 Å². The van der Waals surface area contributed by atoms with Gasteiger partial charge in [-0.15, -0.1) is 0 Å². The monoisotopic (exact) mass is 461 g/mol. The Morgan fingerprint density at radius 3 is 2.31 bits per heavy atom. The van der Waals surface area contributed by atoms with E-state index in [0.717, 1.165) is 5.56 Å². The van der Waals surface area contributed by atoms with Gasteiger partial charge in [0.1, 0.15) is 12.1 Å². The molecule has 154 valence electrons. The van der Waals surface area contributed by atoms with Crippen molar-refractivity contribution in [1.29, 1.82) is 0 Å². The molecule has 3 N–H and O–H groups in total. The van der Waals surface area contributed by atoms with Gasteiger partial charge in [-0.05, 0) is 60.5 Å². The van der Waals surface area contributed by atoms with E-state index in [9.17, 15) is 14.4 Å². The molecule has 7 nitrogen and oxygen atoms in total. The van der Waals surface area contributed by atoms with Gasteiger partial charge in [0, 0.05) is 16.7 Å². The van der Waals surface area contributed by atoms with Gasteiger partial charge < -0.3 is 20.7 Å². The minimum absolute atomic E-state index is 0.196. The van der Waals surface area contributed by atoms with Crippen molar-refractivity contribution in [2.24, 2.45) is 0 Å². The normalized spacial score (nSPS) is 10.8. The third-order valence-electron chi connectivity index (χ3n) is 3.65. The van der Waals surface area contributed by atoms with Crippen molar-refractivity contribution in [3.63, 3.8) is 0 Å². The van der Waals surface area contributed by atoms with Crippen LogP contribution in [0.4, 0.5) is 10.5 Å². The SMILES string of the molecule is CC(C)(C)OC(=O)NCC(=O)NCc1ccccc1NC(=O)c1ccccc1Br. The molecule has 0 aliphatic rings. The van der Waals surface area contributed by atoms with Gasteiger partial charge in [-0.2, -0.15) is 0 Å². The molecule has 0 aliphatic heterocycles. The van der Waals surface area contributed by atoms with Crippen molar-refractivity contribution in [2.75, 3.05) is 11.9 Å². The van der Waals surface area contributed by atoms with Gasteiger partial charge in [0.05, 0.1) is 5.56 Å². The molecular formula is C21H24BrN3O4. The van der Waals surface area contributed by atoms with Crippen molar-refractivity contribution in [1.82, 2.24) is 10.6 Å². The van der Waals surface area contributed by atoms with Crippen molar-refractivity contribution >= 4 is 39.5 Å². The largest absolute Gasteiger partial charge is 0.444 e. The van der Waals surface area contributed by atoms with Crippen LogP contribution in [0.1, 0.15) is 36.7 Å². The number of alkyl carbamates (subject to hydrolysis) is 1. The molecule has 0 heterocycles. The number of amides is 3. The van der Waals surface area contributed by atoms with Crippen molar-refractivity contribution < 1.29 is 19.1 Å². The van der Waals surface area contributed by atoms with Crippen molar-refractivity contribution in [3.05, 3.63) is 64.1 Å². The van der Waals surface area contributed by atoms with Crippen LogP contribution < -0.4 is 16.0 Å². The highest BCUT2D eigenvalue weighted by molar-refractivity contribution is 9.10. The Labute approximate surface area is 178 Å². The quantitative estimate of drug-likeness (QED) is 0.608. The molecule has 0 spiro atoms. The summed E-state index contributed by atoms with van der Waals surface area (Å²) in [5.41, 5.74) is 1.20. The number of hydrogen-bond acceptors (Lipinski definition) is 4. The fourth-order valence-electron chi connectivity index (χ4n) is 2.35. The van der Waals surface area contributed by atoms with Crippen molar-refractivity contribution in [2.45, 2.75) is 32.9 Å². The van der Waals surface area contributed by atoms with E-state index in [0.29, 0.717) is 15.7 Å². The van der Waals surface area contributed by atoms with Gasteiger partial charge in [0.25, 0.3) is 5.91 Å². The number of rotatable bonds is 6. The number of halogens is 1. The molecule has 29 heavy (non-hydrogen) atoms. The molecule has 0 atom stereocenters. The number of benzene rings is 2. The summed E-state index contributed by atoms with van der Waals surface area (Å²) in [5.74, 6) is -0.634. The molecule has 2 rings (SSSR count). The van der Waals surface area contributed by atoms with E-state index in [1.54, 1.807) is 57.2 Å². The van der Waals surface area contributed by atoms with E-state index < -0.39 is 11.7 Å². The van der Waals surface area contributed by atoms with Crippen molar-refractivity contribution in [3.8, 4) is 0 Å². The number of nitrogens with one attached hydrogen (secondary N) is 3. The number of ether oxygens (including phenoxy) is 1. The fourth-order valence-corrected chi connectivity index (χ4v) is 2.82. The lowest BCUT2D eigenvalue weighted by molar-refractivity contribution is -0.120. The van der Waals surface area contributed by atoms with E-state index in [-0.39, 0.29) is 24.9 Å². The van der Waals surface area contributed by atoms with Gasteiger partial charge >= 0.3 is 6.09 Å². The standard InChI is InChI=1S/C21H24BrN3O4/c1-21(2,3)29-20(28)24-13-18(26)23-12-14-8-4-7-11-17(14)25-19(27)15-9-5-6-10-16(15)22/h4-11H,12-13H2,1-3H3,(H,23,26)(H,24,28)(H,25,27). The number of para-hydroxylation sites is 1.